The summed E-state index contributed by atoms with van der Waals surface area (Å²) < 4.78 is 5.22. The van der Waals surface area contributed by atoms with Crippen LogP contribution in [0.4, 0.5) is 5.69 Å². The van der Waals surface area contributed by atoms with Crippen molar-refractivity contribution in [2.45, 2.75) is 20.3 Å². The molecule has 1 N–H and O–H groups in total. The molecule has 6 heteroatoms. The average molecular weight is 315 g/mol. The first-order valence-electron chi connectivity index (χ1n) is 7.57. The first kappa shape index (κ1) is 16.7. The number of nitrogens with zero attached hydrogens (tertiary/aromatic N) is 2. The first-order valence-corrected chi connectivity index (χ1v) is 7.57. The maximum Gasteiger partial charge on any atom is 0.313 e. The molecule has 0 saturated carbocycles. The van der Waals surface area contributed by atoms with Crippen molar-refractivity contribution in [1.82, 2.24) is 9.88 Å². The van der Waals surface area contributed by atoms with Crippen LogP contribution in [-0.2, 0) is 9.59 Å². The summed E-state index contributed by atoms with van der Waals surface area (Å²) in [4.78, 5) is 29.7. The molecule has 0 fully saturated rings. The van der Waals surface area contributed by atoms with E-state index in [2.05, 4.69) is 17.2 Å². The van der Waals surface area contributed by atoms with Crippen LogP contribution in [0.15, 0.2) is 41.1 Å². The van der Waals surface area contributed by atoms with Crippen LogP contribution in [0.5, 0.6) is 0 Å². The summed E-state index contributed by atoms with van der Waals surface area (Å²) in [7, 11) is 1.64. The molecule has 0 aliphatic heterocycles. The molecular formula is C17H21N3O3. The van der Waals surface area contributed by atoms with Crippen LogP contribution in [-0.4, -0.2) is 35.3 Å². The van der Waals surface area contributed by atoms with Gasteiger partial charge in [0.05, 0.1) is 6.20 Å². The molecule has 0 aliphatic rings. The molecule has 0 saturated heterocycles. The quantitative estimate of drug-likeness (QED) is 0.861. The van der Waals surface area contributed by atoms with Gasteiger partial charge in [0.2, 0.25) is 5.89 Å². The number of rotatable bonds is 5. The third kappa shape index (κ3) is 4.42. The summed E-state index contributed by atoms with van der Waals surface area (Å²) in [5, 5.41) is 2.62. The maximum atomic E-state index is 12.1. The topological polar surface area (TPSA) is 75.4 Å². The van der Waals surface area contributed by atoms with E-state index in [1.165, 1.54) is 11.2 Å². The second-order valence-corrected chi connectivity index (χ2v) is 5.57. The van der Waals surface area contributed by atoms with Crippen molar-refractivity contribution >= 4 is 17.5 Å². The third-order valence-electron chi connectivity index (χ3n) is 3.62. The molecule has 1 aromatic heterocycles. The molecule has 6 nitrogen and oxygen atoms in total. The minimum Gasteiger partial charge on any atom is -0.445 e. The summed E-state index contributed by atoms with van der Waals surface area (Å²) >= 11 is 0. The Kier molecular flexibility index (Phi) is 5.51. The van der Waals surface area contributed by atoms with E-state index in [1.54, 1.807) is 31.4 Å². The number of amides is 2. The van der Waals surface area contributed by atoms with E-state index in [9.17, 15) is 9.59 Å². The number of hydrogen-bond donors (Lipinski definition) is 1. The van der Waals surface area contributed by atoms with Gasteiger partial charge in [0, 0.05) is 24.8 Å². The molecule has 2 amide bonds. The molecular weight excluding hydrogens is 294 g/mol. The molecule has 1 aromatic carbocycles. The molecule has 0 aliphatic carbocycles. The van der Waals surface area contributed by atoms with E-state index < -0.39 is 11.8 Å². The number of carbonyl (C=O) groups is 2. The Hall–Kier alpha value is -2.63. The summed E-state index contributed by atoms with van der Waals surface area (Å²) in [6, 6.07) is 7.01. The molecule has 23 heavy (non-hydrogen) atoms. The fourth-order valence-electron chi connectivity index (χ4n) is 2.13. The normalized spacial score (nSPS) is 11.8. The van der Waals surface area contributed by atoms with E-state index in [-0.39, 0.29) is 0 Å². The van der Waals surface area contributed by atoms with Crippen molar-refractivity contribution in [3.8, 4) is 11.5 Å². The van der Waals surface area contributed by atoms with Crippen molar-refractivity contribution in [2.75, 3.05) is 18.9 Å². The summed E-state index contributed by atoms with van der Waals surface area (Å²) in [5.41, 5.74) is 1.25. The van der Waals surface area contributed by atoms with Crippen LogP contribution in [0.25, 0.3) is 11.5 Å². The number of aromatic nitrogens is 1. The zero-order valence-corrected chi connectivity index (χ0v) is 13.6. The summed E-state index contributed by atoms with van der Waals surface area (Å²) in [6.07, 6.45) is 3.99. The lowest BCUT2D eigenvalue weighted by Gasteiger charge is -2.20. The van der Waals surface area contributed by atoms with Gasteiger partial charge < -0.3 is 14.6 Å². The molecule has 2 aromatic rings. The zero-order valence-electron chi connectivity index (χ0n) is 13.6. The van der Waals surface area contributed by atoms with E-state index in [4.69, 9.17) is 4.42 Å². The SMILES string of the molecule is CC[C@H](C)CN(C)C(=O)C(=O)Nc1cccc(-c2ncco2)c1. The fourth-order valence-corrected chi connectivity index (χ4v) is 2.13. The van der Waals surface area contributed by atoms with Crippen LogP contribution in [0, 0.1) is 5.92 Å². The predicted octanol–water partition coefficient (Wildman–Crippen LogP) is 2.78. The van der Waals surface area contributed by atoms with Crippen LogP contribution in [0.1, 0.15) is 20.3 Å². The highest BCUT2D eigenvalue weighted by Crippen LogP contribution is 2.20. The van der Waals surface area contributed by atoms with Crippen molar-refractivity contribution in [1.29, 1.82) is 0 Å². The van der Waals surface area contributed by atoms with Crippen LogP contribution >= 0.6 is 0 Å². The molecule has 1 heterocycles. The minimum absolute atomic E-state index is 0.352. The highest BCUT2D eigenvalue weighted by molar-refractivity contribution is 6.39. The second-order valence-electron chi connectivity index (χ2n) is 5.57. The van der Waals surface area contributed by atoms with Gasteiger partial charge in [0.1, 0.15) is 6.26 Å². The summed E-state index contributed by atoms with van der Waals surface area (Å²) in [6.45, 7) is 4.65. The largest absolute Gasteiger partial charge is 0.445 e. The number of anilines is 1. The Morgan fingerprint density at radius 1 is 1.39 bits per heavy atom. The number of likely N-dealkylation sites (N-methyl/N-ethyl adjacent to an activating group) is 1. The zero-order chi connectivity index (χ0) is 16.8. The third-order valence-corrected chi connectivity index (χ3v) is 3.62. The van der Waals surface area contributed by atoms with Crippen molar-refractivity contribution in [3.63, 3.8) is 0 Å². The molecule has 0 unspecified atom stereocenters. The van der Waals surface area contributed by atoms with Gasteiger partial charge in [0.25, 0.3) is 0 Å². The van der Waals surface area contributed by atoms with E-state index in [0.29, 0.717) is 24.0 Å². The molecule has 2 rings (SSSR count). The smallest absolute Gasteiger partial charge is 0.313 e. The van der Waals surface area contributed by atoms with Gasteiger partial charge in [-0.05, 0) is 24.1 Å². The molecule has 0 radical (unpaired) electrons. The van der Waals surface area contributed by atoms with Crippen LogP contribution in [0.2, 0.25) is 0 Å². The van der Waals surface area contributed by atoms with E-state index >= 15 is 0 Å². The molecule has 122 valence electrons. The van der Waals surface area contributed by atoms with E-state index in [1.807, 2.05) is 13.0 Å². The van der Waals surface area contributed by atoms with Gasteiger partial charge >= 0.3 is 11.8 Å². The Balaban J connectivity index is 2.02. The lowest BCUT2D eigenvalue weighted by atomic mass is 10.1. The van der Waals surface area contributed by atoms with Crippen LogP contribution in [0.3, 0.4) is 0 Å². The molecule has 0 spiro atoms. The molecule has 1 atom stereocenters. The van der Waals surface area contributed by atoms with Crippen molar-refractivity contribution < 1.29 is 14.0 Å². The average Bonchev–Trinajstić information content (AvgIpc) is 3.08. The highest BCUT2D eigenvalue weighted by Gasteiger charge is 2.20. The Morgan fingerprint density at radius 2 is 2.17 bits per heavy atom. The van der Waals surface area contributed by atoms with Crippen LogP contribution < -0.4 is 5.32 Å². The minimum atomic E-state index is -0.652. The molecule has 0 bridgehead atoms. The van der Waals surface area contributed by atoms with Gasteiger partial charge in [-0.1, -0.05) is 26.3 Å². The van der Waals surface area contributed by atoms with Gasteiger partial charge in [-0.25, -0.2) is 4.98 Å². The number of hydrogen-bond acceptors (Lipinski definition) is 4. The number of oxazole rings is 1. The van der Waals surface area contributed by atoms with Gasteiger partial charge in [0.15, 0.2) is 0 Å². The maximum absolute atomic E-state index is 12.1. The fraction of sp³-hybridized carbons (Fsp3) is 0.353. The van der Waals surface area contributed by atoms with Gasteiger partial charge in [-0.3, -0.25) is 9.59 Å². The highest BCUT2D eigenvalue weighted by atomic mass is 16.3. The number of benzene rings is 1. The monoisotopic (exact) mass is 315 g/mol. The first-order chi connectivity index (χ1) is 11.0. The van der Waals surface area contributed by atoms with Gasteiger partial charge in [-0.2, -0.15) is 0 Å². The van der Waals surface area contributed by atoms with Gasteiger partial charge in [-0.15, -0.1) is 0 Å². The van der Waals surface area contributed by atoms with Crippen molar-refractivity contribution in [2.24, 2.45) is 5.92 Å². The standard InChI is InChI=1S/C17H21N3O3/c1-4-12(2)11-20(3)17(22)15(21)19-14-7-5-6-13(10-14)16-18-8-9-23-16/h5-10,12H,4,11H2,1-3H3,(H,19,21)/t12-/m0/s1. The number of carbonyl (C=O) groups excluding carboxylic acids is 2. The Morgan fingerprint density at radius 3 is 2.83 bits per heavy atom. The lowest BCUT2D eigenvalue weighted by Crippen LogP contribution is -2.39. The summed E-state index contributed by atoms with van der Waals surface area (Å²) in [5.74, 6) is -0.390. The second kappa shape index (κ2) is 7.58. The number of nitrogens with one attached hydrogen (secondary N) is 1. The Bertz CT molecular complexity index is 667. The lowest BCUT2D eigenvalue weighted by molar-refractivity contribution is -0.142. The van der Waals surface area contributed by atoms with Crippen molar-refractivity contribution in [3.05, 3.63) is 36.7 Å². The van der Waals surface area contributed by atoms with E-state index in [0.717, 1.165) is 12.0 Å². The predicted molar refractivity (Wildman–Crippen MR) is 87.7 cm³/mol. The Labute approximate surface area is 135 Å².